The van der Waals surface area contributed by atoms with Crippen LogP contribution in [0.15, 0.2) is 12.4 Å². The van der Waals surface area contributed by atoms with Gasteiger partial charge in [0.2, 0.25) is 0 Å². The predicted molar refractivity (Wildman–Crippen MR) is 31.6 cm³/mol. The third kappa shape index (κ3) is 0.637. The normalized spacial score (nSPS) is 10.5. The third-order valence-electron chi connectivity index (χ3n) is 1.10. The van der Waals surface area contributed by atoms with Crippen LogP contribution < -0.4 is 0 Å². The van der Waals surface area contributed by atoms with Crippen molar-refractivity contribution < 1.29 is 4.39 Å². The Labute approximate surface area is 55.1 Å². The van der Waals surface area contributed by atoms with Gasteiger partial charge >= 0.3 is 0 Å². The van der Waals surface area contributed by atoms with Gasteiger partial charge in [0.1, 0.15) is 0 Å². The first kappa shape index (κ1) is 5.28. The van der Waals surface area contributed by atoms with Gasteiger partial charge in [0.25, 0.3) is 6.08 Å². The molecular formula is C5H3FN4. The highest BCUT2D eigenvalue weighted by Gasteiger charge is 2.00. The maximum absolute atomic E-state index is 12.3. The van der Waals surface area contributed by atoms with Gasteiger partial charge in [0, 0.05) is 12.4 Å². The van der Waals surface area contributed by atoms with E-state index in [1.807, 2.05) is 0 Å². The lowest BCUT2D eigenvalue weighted by Crippen LogP contribution is -1.77. The van der Waals surface area contributed by atoms with Crippen LogP contribution in [0.25, 0.3) is 11.3 Å². The van der Waals surface area contributed by atoms with Crippen LogP contribution in [0.5, 0.6) is 0 Å². The van der Waals surface area contributed by atoms with Gasteiger partial charge in [-0.15, -0.1) is 0 Å². The summed E-state index contributed by atoms with van der Waals surface area (Å²) in [5, 5.41) is 0. The number of aromatic nitrogens is 4. The zero-order chi connectivity index (χ0) is 6.97. The molecule has 0 saturated heterocycles. The molecule has 4 nitrogen and oxygen atoms in total. The number of nitrogens with one attached hydrogen (secondary N) is 1. The van der Waals surface area contributed by atoms with E-state index in [4.69, 9.17) is 0 Å². The van der Waals surface area contributed by atoms with Crippen molar-refractivity contribution in [2.45, 2.75) is 0 Å². The summed E-state index contributed by atoms with van der Waals surface area (Å²) in [4.78, 5) is 13.3. The molecule has 0 saturated carbocycles. The van der Waals surface area contributed by atoms with E-state index in [0.29, 0.717) is 11.3 Å². The van der Waals surface area contributed by atoms with Gasteiger partial charge in [-0.05, 0) is 0 Å². The number of hydrogen-bond acceptors (Lipinski definition) is 3. The SMILES string of the molecule is Fc1nc2nccnc2[nH]1. The maximum Gasteiger partial charge on any atom is 0.290 e. The van der Waals surface area contributed by atoms with Gasteiger partial charge in [-0.1, -0.05) is 0 Å². The van der Waals surface area contributed by atoms with Crippen molar-refractivity contribution in [1.82, 2.24) is 19.9 Å². The summed E-state index contributed by atoms with van der Waals surface area (Å²) in [6, 6.07) is 0. The third-order valence-corrected chi connectivity index (χ3v) is 1.10. The average Bonchev–Trinajstić information content (AvgIpc) is 2.27. The van der Waals surface area contributed by atoms with Crippen molar-refractivity contribution in [2.75, 3.05) is 0 Å². The van der Waals surface area contributed by atoms with E-state index in [2.05, 4.69) is 19.9 Å². The molecule has 10 heavy (non-hydrogen) atoms. The number of halogens is 1. The van der Waals surface area contributed by atoms with Crippen LogP contribution in [0.4, 0.5) is 4.39 Å². The molecule has 0 amide bonds. The Hall–Kier alpha value is -1.52. The number of rotatable bonds is 0. The highest BCUT2D eigenvalue weighted by molar-refractivity contribution is 5.63. The van der Waals surface area contributed by atoms with E-state index in [0.717, 1.165) is 0 Å². The molecule has 0 aliphatic heterocycles. The van der Waals surface area contributed by atoms with E-state index < -0.39 is 6.08 Å². The molecule has 0 aliphatic rings. The molecule has 0 spiro atoms. The van der Waals surface area contributed by atoms with E-state index >= 15 is 0 Å². The molecule has 0 aliphatic carbocycles. The molecule has 0 fully saturated rings. The highest BCUT2D eigenvalue weighted by Crippen LogP contribution is 2.01. The van der Waals surface area contributed by atoms with E-state index in [-0.39, 0.29) is 0 Å². The quantitative estimate of drug-likeness (QED) is 0.576. The standard InChI is InChI=1S/C5H3FN4/c6-5-9-3-4(10-5)8-2-1-7-3/h1-2H,(H,7,8,9,10). The van der Waals surface area contributed by atoms with Gasteiger partial charge in [0.05, 0.1) is 0 Å². The highest BCUT2D eigenvalue weighted by atomic mass is 19.1. The summed E-state index contributed by atoms with van der Waals surface area (Å²) in [7, 11) is 0. The van der Waals surface area contributed by atoms with Crippen molar-refractivity contribution in [2.24, 2.45) is 0 Å². The Morgan fingerprint density at radius 2 is 2.10 bits per heavy atom. The van der Waals surface area contributed by atoms with Crippen LogP contribution in [-0.4, -0.2) is 19.9 Å². The molecule has 2 rings (SSSR count). The molecule has 2 aromatic heterocycles. The second-order valence-electron chi connectivity index (χ2n) is 1.76. The molecule has 0 atom stereocenters. The summed E-state index contributed by atoms with van der Waals surface area (Å²) in [6.45, 7) is 0. The predicted octanol–water partition coefficient (Wildman–Crippen LogP) is 0.492. The Kier molecular flexibility index (Phi) is 0.913. The zero-order valence-electron chi connectivity index (χ0n) is 4.87. The van der Waals surface area contributed by atoms with Crippen molar-refractivity contribution in [3.05, 3.63) is 18.5 Å². The second kappa shape index (κ2) is 1.73. The lowest BCUT2D eigenvalue weighted by molar-refractivity contribution is 0.555. The van der Waals surface area contributed by atoms with Gasteiger partial charge < -0.3 is 0 Å². The fraction of sp³-hybridized carbons (Fsp3) is 0. The van der Waals surface area contributed by atoms with Gasteiger partial charge in [-0.3, -0.25) is 4.98 Å². The molecular weight excluding hydrogens is 135 g/mol. The molecule has 5 heteroatoms. The zero-order valence-corrected chi connectivity index (χ0v) is 4.87. The lowest BCUT2D eigenvalue weighted by atomic mass is 10.7. The molecule has 2 aromatic rings. The van der Waals surface area contributed by atoms with Crippen molar-refractivity contribution in [3.63, 3.8) is 0 Å². The molecule has 0 unspecified atom stereocenters. The lowest BCUT2D eigenvalue weighted by Gasteiger charge is -1.79. The average molecular weight is 138 g/mol. The number of imidazole rings is 1. The molecule has 1 N–H and O–H groups in total. The molecule has 0 bridgehead atoms. The van der Waals surface area contributed by atoms with Gasteiger partial charge in [0.15, 0.2) is 11.3 Å². The minimum atomic E-state index is -0.652. The first-order valence-corrected chi connectivity index (χ1v) is 2.68. The van der Waals surface area contributed by atoms with Crippen molar-refractivity contribution in [3.8, 4) is 0 Å². The number of aromatic amines is 1. The van der Waals surface area contributed by atoms with Crippen LogP contribution in [0.2, 0.25) is 0 Å². The minimum Gasteiger partial charge on any atom is -0.297 e. The van der Waals surface area contributed by atoms with Crippen LogP contribution in [0.3, 0.4) is 0 Å². The topological polar surface area (TPSA) is 54.5 Å². The summed E-state index contributed by atoms with van der Waals surface area (Å²) in [6.07, 6.45) is 2.28. The largest absolute Gasteiger partial charge is 0.297 e. The summed E-state index contributed by atoms with van der Waals surface area (Å²) >= 11 is 0. The van der Waals surface area contributed by atoms with E-state index in [9.17, 15) is 4.39 Å². The van der Waals surface area contributed by atoms with Crippen LogP contribution in [-0.2, 0) is 0 Å². The van der Waals surface area contributed by atoms with Crippen molar-refractivity contribution >= 4 is 11.3 Å². The summed E-state index contributed by atoms with van der Waals surface area (Å²) < 4.78 is 12.3. The second-order valence-corrected chi connectivity index (χ2v) is 1.76. The molecule has 0 aromatic carbocycles. The monoisotopic (exact) mass is 138 g/mol. The smallest absolute Gasteiger partial charge is 0.290 e. The number of nitrogens with zero attached hydrogens (tertiary/aromatic N) is 3. The first-order chi connectivity index (χ1) is 4.86. The first-order valence-electron chi connectivity index (χ1n) is 2.68. The van der Waals surface area contributed by atoms with Crippen LogP contribution >= 0.6 is 0 Å². The van der Waals surface area contributed by atoms with Crippen LogP contribution in [0, 0.1) is 6.08 Å². The number of fused-ring (bicyclic) bond motifs is 1. The summed E-state index contributed by atoms with van der Waals surface area (Å²) in [5.74, 6) is 0. The Balaban J connectivity index is 2.88. The fourth-order valence-corrected chi connectivity index (χ4v) is 0.719. The molecule has 50 valence electrons. The molecule has 2 heterocycles. The Bertz CT molecular complexity index is 322. The van der Waals surface area contributed by atoms with Crippen LogP contribution in [0.1, 0.15) is 0 Å². The van der Waals surface area contributed by atoms with Gasteiger partial charge in [-0.2, -0.15) is 9.37 Å². The molecule has 0 radical (unpaired) electrons. The number of H-pyrrole nitrogens is 1. The van der Waals surface area contributed by atoms with Gasteiger partial charge in [-0.25, -0.2) is 9.97 Å². The number of hydrogen-bond donors (Lipinski definition) is 1. The van der Waals surface area contributed by atoms with Crippen molar-refractivity contribution in [1.29, 1.82) is 0 Å². The minimum absolute atomic E-state index is 0.306. The Morgan fingerprint density at radius 3 is 2.90 bits per heavy atom. The van der Waals surface area contributed by atoms with E-state index in [1.54, 1.807) is 0 Å². The fourth-order valence-electron chi connectivity index (χ4n) is 0.719. The Morgan fingerprint density at radius 1 is 1.30 bits per heavy atom. The van der Waals surface area contributed by atoms with E-state index in [1.165, 1.54) is 12.4 Å². The summed E-state index contributed by atoms with van der Waals surface area (Å²) in [5.41, 5.74) is 0.681. The maximum atomic E-state index is 12.3.